The van der Waals surface area contributed by atoms with Crippen molar-refractivity contribution in [2.24, 2.45) is 5.73 Å². The van der Waals surface area contributed by atoms with Gasteiger partial charge in [0.2, 0.25) is 0 Å². The molecule has 0 heterocycles. The van der Waals surface area contributed by atoms with Crippen LogP contribution in [-0.2, 0) is 11.3 Å². The second-order valence-corrected chi connectivity index (χ2v) is 6.16. The molecule has 2 nitrogen and oxygen atoms in total. The number of ether oxygens (including phenoxy) is 1. The lowest BCUT2D eigenvalue weighted by atomic mass is 10.00. The first-order chi connectivity index (χ1) is 10.1. The van der Waals surface area contributed by atoms with Crippen LogP contribution in [0.15, 0.2) is 53.0 Å². The Morgan fingerprint density at radius 1 is 1.10 bits per heavy atom. The molecule has 0 spiro atoms. The number of nitrogens with two attached hydrogens (primary N) is 1. The summed E-state index contributed by atoms with van der Waals surface area (Å²) < 4.78 is 7.20. The normalized spacial score (nSPS) is 13.9. The summed E-state index contributed by atoms with van der Waals surface area (Å²) in [6.07, 6.45) is 0.803. The van der Waals surface area contributed by atoms with Gasteiger partial charge in [-0.15, -0.1) is 0 Å². The highest BCUT2D eigenvalue weighted by Crippen LogP contribution is 2.26. The number of aryl methyl sites for hydroxylation is 1. The number of rotatable bonds is 6. The second kappa shape index (κ2) is 7.74. The van der Waals surface area contributed by atoms with Crippen LogP contribution in [0.1, 0.15) is 36.1 Å². The standard InChI is InChI=1S/C18H22BrNO/c1-3-17(20)18(14-10-8-13(2)9-11-14)21-12-15-6-4-5-7-16(15)19/h4-11,17-18H,3,12,20H2,1-2H3. The van der Waals surface area contributed by atoms with Crippen LogP contribution in [0.2, 0.25) is 0 Å². The minimum absolute atomic E-state index is 0.00445. The van der Waals surface area contributed by atoms with E-state index in [9.17, 15) is 0 Å². The molecule has 0 bridgehead atoms. The van der Waals surface area contributed by atoms with Crippen LogP contribution in [0.5, 0.6) is 0 Å². The van der Waals surface area contributed by atoms with E-state index in [1.807, 2.05) is 18.2 Å². The van der Waals surface area contributed by atoms with Crippen molar-refractivity contribution in [2.45, 2.75) is 39.0 Å². The lowest BCUT2D eigenvalue weighted by molar-refractivity contribution is 0.0210. The van der Waals surface area contributed by atoms with Crippen molar-refractivity contribution in [1.29, 1.82) is 0 Å². The van der Waals surface area contributed by atoms with Crippen LogP contribution in [0, 0.1) is 6.92 Å². The van der Waals surface area contributed by atoms with Gasteiger partial charge in [-0.25, -0.2) is 0 Å². The molecule has 0 saturated carbocycles. The SMILES string of the molecule is CCC(N)C(OCc1ccccc1Br)c1ccc(C)cc1. The Bertz CT molecular complexity index is 568. The Labute approximate surface area is 135 Å². The average Bonchev–Trinajstić information content (AvgIpc) is 2.50. The van der Waals surface area contributed by atoms with E-state index in [-0.39, 0.29) is 12.1 Å². The van der Waals surface area contributed by atoms with Gasteiger partial charge < -0.3 is 10.5 Å². The Balaban J connectivity index is 2.14. The molecule has 0 radical (unpaired) electrons. The molecule has 3 heteroatoms. The van der Waals surface area contributed by atoms with E-state index in [4.69, 9.17) is 10.5 Å². The van der Waals surface area contributed by atoms with Crippen LogP contribution in [-0.4, -0.2) is 6.04 Å². The first-order valence-corrected chi connectivity index (χ1v) is 8.08. The summed E-state index contributed by atoms with van der Waals surface area (Å²) >= 11 is 3.56. The van der Waals surface area contributed by atoms with Crippen molar-refractivity contribution in [3.63, 3.8) is 0 Å². The summed E-state index contributed by atoms with van der Waals surface area (Å²) in [7, 11) is 0. The molecule has 0 aliphatic carbocycles. The molecule has 2 aromatic rings. The molecule has 2 N–H and O–H groups in total. The van der Waals surface area contributed by atoms with Gasteiger partial charge in [-0.2, -0.15) is 0 Å². The van der Waals surface area contributed by atoms with E-state index in [2.05, 4.69) is 60.1 Å². The Hall–Kier alpha value is -1.16. The minimum Gasteiger partial charge on any atom is -0.367 e. The minimum atomic E-state index is -0.0808. The largest absolute Gasteiger partial charge is 0.367 e. The maximum absolute atomic E-state index is 6.25. The van der Waals surface area contributed by atoms with Gasteiger partial charge in [0.15, 0.2) is 0 Å². The molecule has 0 aliphatic rings. The van der Waals surface area contributed by atoms with Gasteiger partial charge in [0.25, 0.3) is 0 Å². The van der Waals surface area contributed by atoms with Crippen molar-refractivity contribution in [2.75, 3.05) is 0 Å². The van der Waals surface area contributed by atoms with Gasteiger partial charge in [0, 0.05) is 10.5 Å². The van der Waals surface area contributed by atoms with Crippen LogP contribution in [0.25, 0.3) is 0 Å². The van der Waals surface area contributed by atoms with Gasteiger partial charge in [-0.1, -0.05) is 70.9 Å². The Morgan fingerprint density at radius 2 is 1.76 bits per heavy atom. The lowest BCUT2D eigenvalue weighted by Gasteiger charge is -2.24. The van der Waals surface area contributed by atoms with Crippen molar-refractivity contribution < 1.29 is 4.74 Å². The summed E-state index contributed by atoms with van der Waals surface area (Å²) in [5.74, 6) is 0. The van der Waals surface area contributed by atoms with Gasteiger partial charge >= 0.3 is 0 Å². The fraction of sp³-hybridized carbons (Fsp3) is 0.333. The molecule has 112 valence electrons. The lowest BCUT2D eigenvalue weighted by Crippen LogP contribution is -2.29. The Morgan fingerprint density at radius 3 is 2.38 bits per heavy atom. The Kier molecular flexibility index (Phi) is 5.97. The number of halogens is 1. The van der Waals surface area contributed by atoms with Crippen molar-refractivity contribution in [3.8, 4) is 0 Å². The summed E-state index contributed by atoms with van der Waals surface area (Å²) in [6, 6.07) is 16.5. The van der Waals surface area contributed by atoms with Crippen LogP contribution in [0.4, 0.5) is 0 Å². The summed E-state index contributed by atoms with van der Waals surface area (Å²) in [5.41, 5.74) is 9.77. The van der Waals surface area contributed by atoms with Crippen LogP contribution in [0.3, 0.4) is 0 Å². The monoisotopic (exact) mass is 347 g/mol. The van der Waals surface area contributed by atoms with Crippen LogP contribution >= 0.6 is 15.9 Å². The first kappa shape index (κ1) is 16.2. The molecule has 2 rings (SSSR count). The summed E-state index contributed by atoms with van der Waals surface area (Å²) in [4.78, 5) is 0. The molecule has 0 amide bonds. The molecule has 0 saturated heterocycles. The first-order valence-electron chi connectivity index (χ1n) is 7.29. The highest BCUT2D eigenvalue weighted by atomic mass is 79.9. The molecule has 21 heavy (non-hydrogen) atoms. The highest BCUT2D eigenvalue weighted by Gasteiger charge is 2.19. The van der Waals surface area contributed by atoms with Gasteiger partial charge in [0.05, 0.1) is 12.7 Å². The second-order valence-electron chi connectivity index (χ2n) is 5.31. The maximum Gasteiger partial charge on any atom is 0.0980 e. The molecule has 0 aromatic heterocycles. The fourth-order valence-electron chi connectivity index (χ4n) is 2.23. The quantitative estimate of drug-likeness (QED) is 0.817. The molecular formula is C18H22BrNO. The van der Waals surface area contributed by atoms with E-state index in [1.165, 1.54) is 5.56 Å². The maximum atomic E-state index is 6.25. The number of hydrogen-bond donors (Lipinski definition) is 1. The third kappa shape index (κ3) is 4.40. The van der Waals surface area contributed by atoms with Gasteiger partial charge in [0.1, 0.15) is 0 Å². The number of benzene rings is 2. The molecule has 0 fully saturated rings. The molecular weight excluding hydrogens is 326 g/mol. The predicted molar refractivity (Wildman–Crippen MR) is 91.1 cm³/mol. The van der Waals surface area contributed by atoms with Crippen molar-refractivity contribution in [3.05, 3.63) is 69.7 Å². The third-order valence-electron chi connectivity index (χ3n) is 3.64. The fourth-order valence-corrected chi connectivity index (χ4v) is 2.63. The molecule has 2 unspecified atom stereocenters. The van der Waals surface area contributed by atoms with Crippen LogP contribution < -0.4 is 5.73 Å². The molecule has 2 aromatic carbocycles. The van der Waals surface area contributed by atoms with Gasteiger partial charge in [-0.05, 0) is 30.5 Å². The predicted octanol–water partition coefficient (Wildman–Crippen LogP) is 4.75. The zero-order valence-electron chi connectivity index (χ0n) is 12.6. The zero-order valence-corrected chi connectivity index (χ0v) is 14.1. The average molecular weight is 348 g/mol. The van der Waals surface area contributed by atoms with Crippen molar-refractivity contribution in [1.82, 2.24) is 0 Å². The van der Waals surface area contributed by atoms with E-state index in [1.54, 1.807) is 0 Å². The molecule has 2 atom stereocenters. The van der Waals surface area contributed by atoms with E-state index in [0.717, 1.165) is 22.0 Å². The summed E-state index contributed by atoms with van der Waals surface area (Å²) in [5, 5.41) is 0. The summed E-state index contributed by atoms with van der Waals surface area (Å²) in [6.45, 7) is 4.72. The zero-order chi connectivity index (χ0) is 15.2. The molecule has 0 aliphatic heterocycles. The van der Waals surface area contributed by atoms with E-state index >= 15 is 0 Å². The third-order valence-corrected chi connectivity index (χ3v) is 4.42. The van der Waals surface area contributed by atoms with E-state index in [0.29, 0.717) is 6.61 Å². The highest BCUT2D eigenvalue weighted by molar-refractivity contribution is 9.10. The smallest absolute Gasteiger partial charge is 0.0980 e. The van der Waals surface area contributed by atoms with Gasteiger partial charge in [-0.3, -0.25) is 0 Å². The van der Waals surface area contributed by atoms with E-state index < -0.39 is 0 Å². The topological polar surface area (TPSA) is 35.2 Å². The van der Waals surface area contributed by atoms with Crippen molar-refractivity contribution >= 4 is 15.9 Å². The number of hydrogen-bond acceptors (Lipinski definition) is 2.